The van der Waals surface area contributed by atoms with E-state index in [9.17, 15) is 18.0 Å². The van der Waals surface area contributed by atoms with Gasteiger partial charge in [-0.15, -0.1) is 0 Å². The highest BCUT2D eigenvalue weighted by atomic mass is 79.9. The van der Waals surface area contributed by atoms with Gasteiger partial charge in [0.05, 0.1) is 22.2 Å². The van der Waals surface area contributed by atoms with E-state index in [4.69, 9.17) is 27.9 Å². The smallest absolute Gasteiger partial charge is 0.264 e. The summed E-state index contributed by atoms with van der Waals surface area (Å²) in [4.78, 5) is 29.5. The van der Waals surface area contributed by atoms with Crippen LogP contribution in [0.5, 0.6) is 5.75 Å². The number of aryl methyl sites for hydroxylation is 1. The third kappa shape index (κ3) is 8.41. The Labute approximate surface area is 288 Å². The van der Waals surface area contributed by atoms with Gasteiger partial charge in [0, 0.05) is 35.1 Å². The summed E-state index contributed by atoms with van der Waals surface area (Å²) in [6, 6.07) is 24.4. The zero-order chi connectivity index (χ0) is 33.4. The molecule has 0 saturated heterocycles. The van der Waals surface area contributed by atoms with Gasteiger partial charge >= 0.3 is 0 Å². The molecule has 4 aromatic rings. The number of likely N-dealkylation sites (N-methyl/N-ethyl adjacent to an activating group) is 1. The molecule has 8 nitrogen and oxygen atoms in total. The van der Waals surface area contributed by atoms with Gasteiger partial charge in [0.25, 0.3) is 10.0 Å². The first kappa shape index (κ1) is 35.3. The highest BCUT2D eigenvalue weighted by molar-refractivity contribution is 9.10. The number of carbonyl (C=O) groups excluding carboxylic acids is 2. The molecule has 0 aliphatic carbocycles. The van der Waals surface area contributed by atoms with Gasteiger partial charge in [0.1, 0.15) is 18.3 Å². The predicted octanol–water partition coefficient (Wildman–Crippen LogP) is 7.04. The summed E-state index contributed by atoms with van der Waals surface area (Å²) in [6.07, 6.45) is 0.170. The summed E-state index contributed by atoms with van der Waals surface area (Å²) < 4.78 is 35.3. The first-order valence-electron chi connectivity index (χ1n) is 14.4. The van der Waals surface area contributed by atoms with Crippen molar-refractivity contribution in [2.24, 2.45) is 0 Å². The lowest BCUT2D eigenvalue weighted by Crippen LogP contribution is -2.53. The van der Waals surface area contributed by atoms with Crippen LogP contribution in [0.25, 0.3) is 0 Å². The van der Waals surface area contributed by atoms with E-state index in [1.54, 1.807) is 49.4 Å². The summed E-state index contributed by atoms with van der Waals surface area (Å²) in [5.74, 6) is -0.572. The normalized spacial score (nSPS) is 11.9. The monoisotopic (exact) mass is 745 g/mol. The second-order valence-electron chi connectivity index (χ2n) is 10.5. The summed E-state index contributed by atoms with van der Waals surface area (Å²) >= 11 is 16.5. The summed E-state index contributed by atoms with van der Waals surface area (Å²) in [5, 5.41) is 3.45. The highest BCUT2D eigenvalue weighted by Crippen LogP contribution is 2.32. The molecule has 0 fully saturated rings. The molecule has 0 radical (unpaired) electrons. The third-order valence-electron chi connectivity index (χ3n) is 7.32. The minimum absolute atomic E-state index is 0.0567. The van der Waals surface area contributed by atoms with Crippen LogP contribution in [0.15, 0.2) is 100 Å². The Morgan fingerprint density at radius 1 is 0.935 bits per heavy atom. The number of hydrogen-bond donors (Lipinski definition) is 1. The Kier molecular flexibility index (Phi) is 12.1. The zero-order valence-electron chi connectivity index (χ0n) is 25.5. The molecule has 0 aliphatic heterocycles. The van der Waals surface area contributed by atoms with E-state index in [1.807, 2.05) is 37.3 Å². The van der Waals surface area contributed by atoms with E-state index < -0.39 is 34.4 Å². The summed E-state index contributed by atoms with van der Waals surface area (Å²) in [6.45, 7) is 3.25. The Balaban J connectivity index is 1.84. The molecular weight excluding hydrogens is 713 g/mol. The fraction of sp³-hybridized carbons (Fsp3) is 0.235. The molecule has 1 unspecified atom stereocenters. The maximum Gasteiger partial charge on any atom is 0.264 e. The number of carbonyl (C=O) groups is 2. The SMILES string of the molecule is CCNC(=O)C(Cc1ccccc1)N(Cc1c(Cl)cccc1Cl)C(=O)CN(c1ccc(C)cc1)S(=O)(=O)c1ccc(OC)c(Br)c1. The van der Waals surface area contributed by atoms with Crippen molar-refractivity contribution in [1.82, 2.24) is 10.2 Å². The van der Waals surface area contributed by atoms with Crippen molar-refractivity contribution in [2.75, 3.05) is 24.5 Å². The molecule has 1 atom stereocenters. The Morgan fingerprint density at radius 2 is 1.59 bits per heavy atom. The number of nitrogens with one attached hydrogen (secondary N) is 1. The number of sulfonamides is 1. The van der Waals surface area contributed by atoms with Crippen LogP contribution in [0.4, 0.5) is 5.69 Å². The van der Waals surface area contributed by atoms with Gasteiger partial charge in [-0.2, -0.15) is 0 Å². The van der Waals surface area contributed by atoms with E-state index in [0.717, 1.165) is 15.4 Å². The summed E-state index contributed by atoms with van der Waals surface area (Å²) in [7, 11) is -2.82. The van der Waals surface area contributed by atoms with E-state index >= 15 is 0 Å². The maximum absolute atomic E-state index is 14.5. The molecule has 242 valence electrons. The van der Waals surface area contributed by atoms with Crippen LogP contribution < -0.4 is 14.4 Å². The lowest BCUT2D eigenvalue weighted by Gasteiger charge is -2.34. The van der Waals surface area contributed by atoms with Crippen molar-refractivity contribution >= 4 is 66.7 Å². The zero-order valence-corrected chi connectivity index (χ0v) is 29.5. The van der Waals surface area contributed by atoms with Crippen molar-refractivity contribution < 1.29 is 22.7 Å². The average Bonchev–Trinajstić information content (AvgIpc) is 3.03. The van der Waals surface area contributed by atoms with Crippen LogP contribution in [-0.4, -0.2) is 51.4 Å². The highest BCUT2D eigenvalue weighted by Gasteiger charge is 2.35. The van der Waals surface area contributed by atoms with E-state index in [0.29, 0.717) is 32.4 Å². The first-order valence-corrected chi connectivity index (χ1v) is 17.4. The molecular formula is C34H34BrCl2N3O5S. The van der Waals surface area contributed by atoms with Crippen LogP contribution in [0.3, 0.4) is 0 Å². The number of amides is 2. The topological polar surface area (TPSA) is 96.0 Å². The molecule has 4 aromatic carbocycles. The van der Waals surface area contributed by atoms with Crippen LogP contribution >= 0.6 is 39.1 Å². The molecule has 12 heteroatoms. The van der Waals surface area contributed by atoms with Crippen molar-refractivity contribution in [3.05, 3.63) is 122 Å². The third-order valence-corrected chi connectivity index (χ3v) is 10.4. The molecule has 0 saturated carbocycles. The fourth-order valence-corrected chi connectivity index (χ4v) is 7.52. The Morgan fingerprint density at radius 3 is 2.17 bits per heavy atom. The molecule has 1 N–H and O–H groups in total. The second kappa shape index (κ2) is 15.8. The molecule has 46 heavy (non-hydrogen) atoms. The molecule has 0 bridgehead atoms. The van der Waals surface area contributed by atoms with Gasteiger partial charge in [-0.3, -0.25) is 13.9 Å². The molecule has 0 spiro atoms. The van der Waals surface area contributed by atoms with Crippen molar-refractivity contribution in [3.63, 3.8) is 0 Å². The van der Waals surface area contributed by atoms with Gasteiger partial charge < -0.3 is 15.0 Å². The minimum Gasteiger partial charge on any atom is -0.496 e. The fourth-order valence-electron chi connectivity index (χ4n) is 4.87. The predicted molar refractivity (Wildman–Crippen MR) is 186 cm³/mol. The average molecular weight is 748 g/mol. The molecule has 4 rings (SSSR count). The van der Waals surface area contributed by atoms with E-state index in [-0.39, 0.29) is 23.5 Å². The maximum atomic E-state index is 14.5. The molecule has 0 aromatic heterocycles. The van der Waals surface area contributed by atoms with Gasteiger partial charge in [0.15, 0.2) is 0 Å². The van der Waals surface area contributed by atoms with E-state index in [2.05, 4.69) is 21.2 Å². The second-order valence-corrected chi connectivity index (χ2v) is 14.0. The van der Waals surface area contributed by atoms with Crippen molar-refractivity contribution in [2.45, 2.75) is 37.8 Å². The number of anilines is 1. The number of benzene rings is 4. The molecule has 0 aliphatic rings. The number of rotatable bonds is 13. The Bertz CT molecular complexity index is 1770. The first-order chi connectivity index (χ1) is 22.0. The minimum atomic E-state index is -4.30. The number of hydrogen-bond acceptors (Lipinski definition) is 5. The van der Waals surface area contributed by atoms with Crippen LogP contribution in [0, 0.1) is 6.92 Å². The van der Waals surface area contributed by atoms with Crippen LogP contribution in [-0.2, 0) is 32.6 Å². The standard InChI is InChI=1S/C34H34BrCl2N3O5S/c1-4-38-34(42)31(19-24-9-6-5-7-10-24)39(21-27-29(36)11-8-12-30(27)37)33(41)22-40(25-15-13-23(2)14-16-25)46(43,44)26-17-18-32(45-3)28(35)20-26/h5-18,20,31H,4,19,21-22H2,1-3H3,(H,38,42). The number of halogens is 3. The molecule has 0 heterocycles. The van der Waals surface area contributed by atoms with Gasteiger partial charge in [0.2, 0.25) is 11.8 Å². The van der Waals surface area contributed by atoms with Crippen molar-refractivity contribution in [1.29, 1.82) is 0 Å². The van der Waals surface area contributed by atoms with Gasteiger partial charge in [-0.1, -0.05) is 77.3 Å². The van der Waals surface area contributed by atoms with Crippen molar-refractivity contribution in [3.8, 4) is 5.75 Å². The Hall–Kier alpha value is -3.57. The quantitative estimate of drug-likeness (QED) is 0.158. The lowest BCUT2D eigenvalue weighted by molar-refractivity contribution is -0.140. The molecule has 2 amide bonds. The number of nitrogens with zero attached hydrogens (tertiary/aromatic N) is 2. The van der Waals surface area contributed by atoms with E-state index in [1.165, 1.54) is 30.2 Å². The lowest BCUT2D eigenvalue weighted by atomic mass is 10.0. The van der Waals surface area contributed by atoms with Crippen LogP contribution in [0.2, 0.25) is 10.0 Å². The van der Waals surface area contributed by atoms with Crippen LogP contribution in [0.1, 0.15) is 23.6 Å². The summed E-state index contributed by atoms with van der Waals surface area (Å²) in [5.41, 5.74) is 2.44. The van der Waals surface area contributed by atoms with Gasteiger partial charge in [-0.05, 0) is 77.8 Å². The van der Waals surface area contributed by atoms with Gasteiger partial charge in [-0.25, -0.2) is 8.42 Å². The number of ether oxygens (including phenoxy) is 1. The number of methoxy groups -OCH3 is 1. The largest absolute Gasteiger partial charge is 0.496 e.